The number of alkyl halides is 3. The Morgan fingerprint density at radius 1 is 1.08 bits per heavy atom. The van der Waals surface area contributed by atoms with Gasteiger partial charge in [-0.15, -0.1) is 0 Å². The first kappa shape index (κ1) is 18.0. The SMILES string of the molecule is Cc1cc(C)cc(C(=O)NCC(O)c2ccc(C(F)(F)F)cc2)c1. The van der Waals surface area contributed by atoms with E-state index in [9.17, 15) is 23.1 Å². The fraction of sp³-hybridized carbons (Fsp3) is 0.278. The van der Waals surface area contributed by atoms with Gasteiger partial charge in [-0.3, -0.25) is 4.79 Å². The van der Waals surface area contributed by atoms with Crippen molar-refractivity contribution in [3.63, 3.8) is 0 Å². The summed E-state index contributed by atoms with van der Waals surface area (Å²) >= 11 is 0. The number of hydrogen-bond donors (Lipinski definition) is 2. The summed E-state index contributed by atoms with van der Waals surface area (Å²) in [6, 6.07) is 9.62. The molecular weight excluding hydrogens is 319 g/mol. The fourth-order valence-electron chi connectivity index (χ4n) is 2.41. The Morgan fingerprint density at radius 2 is 1.62 bits per heavy atom. The number of carbonyl (C=O) groups is 1. The molecule has 6 heteroatoms. The Balaban J connectivity index is 1.99. The van der Waals surface area contributed by atoms with Crippen molar-refractivity contribution in [2.45, 2.75) is 26.1 Å². The predicted octanol–water partition coefficient (Wildman–Crippen LogP) is 3.79. The maximum atomic E-state index is 12.5. The van der Waals surface area contributed by atoms with E-state index in [1.165, 1.54) is 12.1 Å². The Morgan fingerprint density at radius 3 is 2.12 bits per heavy atom. The van der Waals surface area contributed by atoms with Crippen LogP contribution in [0.25, 0.3) is 0 Å². The zero-order valence-electron chi connectivity index (χ0n) is 13.3. The van der Waals surface area contributed by atoms with E-state index in [4.69, 9.17) is 0 Å². The van der Waals surface area contributed by atoms with E-state index in [0.29, 0.717) is 11.1 Å². The zero-order valence-corrected chi connectivity index (χ0v) is 13.3. The molecular formula is C18H18F3NO2. The van der Waals surface area contributed by atoms with Crippen molar-refractivity contribution >= 4 is 5.91 Å². The van der Waals surface area contributed by atoms with Gasteiger partial charge in [0.05, 0.1) is 11.7 Å². The Hall–Kier alpha value is -2.34. The second-order valence-electron chi connectivity index (χ2n) is 5.72. The third kappa shape index (κ3) is 4.58. The van der Waals surface area contributed by atoms with Gasteiger partial charge in [0.2, 0.25) is 0 Å². The van der Waals surface area contributed by atoms with E-state index in [2.05, 4.69) is 5.32 Å². The lowest BCUT2D eigenvalue weighted by atomic mass is 10.1. The van der Waals surface area contributed by atoms with Crippen LogP contribution in [0.2, 0.25) is 0 Å². The molecule has 0 aliphatic heterocycles. The first-order chi connectivity index (χ1) is 11.2. The summed E-state index contributed by atoms with van der Waals surface area (Å²) in [5.41, 5.74) is 1.90. The lowest BCUT2D eigenvalue weighted by Crippen LogP contribution is -2.28. The van der Waals surface area contributed by atoms with Crippen LogP contribution in [0.15, 0.2) is 42.5 Å². The number of benzene rings is 2. The average Bonchev–Trinajstić information content (AvgIpc) is 2.50. The largest absolute Gasteiger partial charge is 0.416 e. The van der Waals surface area contributed by atoms with Gasteiger partial charge in [0.25, 0.3) is 5.91 Å². The minimum atomic E-state index is -4.42. The van der Waals surface area contributed by atoms with Gasteiger partial charge >= 0.3 is 6.18 Å². The highest BCUT2D eigenvalue weighted by atomic mass is 19.4. The molecule has 0 aromatic heterocycles. The number of aliphatic hydroxyl groups is 1. The Kier molecular flexibility index (Phi) is 5.29. The van der Waals surface area contributed by atoms with Crippen LogP contribution in [-0.4, -0.2) is 17.6 Å². The first-order valence-electron chi connectivity index (χ1n) is 7.38. The molecule has 0 radical (unpaired) electrons. The van der Waals surface area contributed by atoms with Crippen LogP contribution in [0.3, 0.4) is 0 Å². The van der Waals surface area contributed by atoms with Crippen molar-refractivity contribution in [2.75, 3.05) is 6.54 Å². The van der Waals surface area contributed by atoms with Crippen molar-refractivity contribution in [3.8, 4) is 0 Å². The van der Waals surface area contributed by atoms with Crippen LogP contribution in [0.4, 0.5) is 13.2 Å². The van der Waals surface area contributed by atoms with Gasteiger partial charge in [-0.2, -0.15) is 13.2 Å². The maximum Gasteiger partial charge on any atom is 0.416 e. The van der Waals surface area contributed by atoms with E-state index in [1.807, 2.05) is 19.9 Å². The molecule has 2 N–H and O–H groups in total. The lowest BCUT2D eigenvalue weighted by Gasteiger charge is -2.14. The molecule has 0 heterocycles. The van der Waals surface area contributed by atoms with Gasteiger partial charge < -0.3 is 10.4 Å². The van der Waals surface area contributed by atoms with Gasteiger partial charge in [-0.1, -0.05) is 29.3 Å². The zero-order chi connectivity index (χ0) is 17.9. The van der Waals surface area contributed by atoms with Crippen LogP contribution in [0.1, 0.15) is 38.7 Å². The summed E-state index contributed by atoms with van der Waals surface area (Å²) in [5, 5.41) is 12.6. The van der Waals surface area contributed by atoms with Crippen LogP contribution in [-0.2, 0) is 6.18 Å². The minimum Gasteiger partial charge on any atom is -0.387 e. The van der Waals surface area contributed by atoms with Crippen molar-refractivity contribution in [1.29, 1.82) is 0 Å². The van der Waals surface area contributed by atoms with Crippen LogP contribution < -0.4 is 5.32 Å². The van der Waals surface area contributed by atoms with Crippen molar-refractivity contribution in [1.82, 2.24) is 5.32 Å². The molecule has 2 aromatic carbocycles. The van der Waals surface area contributed by atoms with E-state index >= 15 is 0 Å². The van der Waals surface area contributed by atoms with Crippen LogP contribution in [0, 0.1) is 13.8 Å². The molecule has 0 fully saturated rings. The van der Waals surface area contributed by atoms with Crippen molar-refractivity contribution < 1.29 is 23.1 Å². The first-order valence-corrected chi connectivity index (χ1v) is 7.38. The van der Waals surface area contributed by atoms with Gasteiger partial charge in [0.1, 0.15) is 0 Å². The Bertz CT molecular complexity index is 704. The number of carbonyl (C=O) groups excluding carboxylic acids is 1. The molecule has 0 bridgehead atoms. The lowest BCUT2D eigenvalue weighted by molar-refractivity contribution is -0.137. The third-order valence-corrected chi connectivity index (χ3v) is 3.56. The molecule has 24 heavy (non-hydrogen) atoms. The molecule has 2 rings (SSSR count). The molecule has 1 atom stereocenters. The second kappa shape index (κ2) is 7.05. The maximum absolute atomic E-state index is 12.5. The fourth-order valence-corrected chi connectivity index (χ4v) is 2.41. The molecule has 0 aliphatic rings. The minimum absolute atomic E-state index is 0.0861. The summed E-state index contributed by atoms with van der Waals surface area (Å²) in [5.74, 6) is -0.340. The quantitative estimate of drug-likeness (QED) is 0.892. The molecule has 0 spiro atoms. The van der Waals surface area contributed by atoms with E-state index in [1.54, 1.807) is 12.1 Å². The summed E-state index contributed by atoms with van der Waals surface area (Å²) in [4.78, 5) is 12.1. The van der Waals surface area contributed by atoms with Gasteiger partial charge in [0.15, 0.2) is 0 Å². The van der Waals surface area contributed by atoms with Crippen molar-refractivity contribution in [2.24, 2.45) is 0 Å². The topological polar surface area (TPSA) is 49.3 Å². The highest BCUT2D eigenvalue weighted by Gasteiger charge is 2.30. The predicted molar refractivity (Wildman–Crippen MR) is 84.7 cm³/mol. The highest BCUT2D eigenvalue weighted by Crippen LogP contribution is 2.29. The molecule has 1 unspecified atom stereocenters. The number of amides is 1. The summed E-state index contributed by atoms with van der Waals surface area (Å²) in [6.07, 6.45) is -5.50. The number of rotatable bonds is 4. The molecule has 0 saturated heterocycles. The van der Waals surface area contributed by atoms with Gasteiger partial charge in [-0.05, 0) is 43.7 Å². The molecule has 3 nitrogen and oxygen atoms in total. The molecule has 1 amide bonds. The highest BCUT2D eigenvalue weighted by molar-refractivity contribution is 5.94. The van der Waals surface area contributed by atoms with Gasteiger partial charge in [0, 0.05) is 12.1 Å². The summed E-state index contributed by atoms with van der Waals surface area (Å²) < 4.78 is 37.5. The average molecular weight is 337 g/mol. The number of aryl methyl sites for hydroxylation is 2. The van der Waals surface area contributed by atoms with Crippen LogP contribution >= 0.6 is 0 Å². The van der Waals surface area contributed by atoms with Gasteiger partial charge in [-0.25, -0.2) is 0 Å². The number of halogens is 3. The molecule has 2 aromatic rings. The van der Waals surface area contributed by atoms with E-state index in [-0.39, 0.29) is 12.5 Å². The summed E-state index contributed by atoms with van der Waals surface area (Å²) in [7, 11) is 0. The molecule has 0 aliphatic carbocycles. The summed E-state index contributed by atoms with van der Waals surface area (Å²) in [6.45, 7) is 3.67. The smallest absolute Gasteiger partial charge is 0.387 e. The molecule has 128 valence electrons. The standard InChI is InChI=1S/C18H18F3NO2/c1-11-7-12(2)9-14(8-11)17(24)22-10-16(23)13-3-5-15(6-4-13)18(19,20)21/h3-9,16,23H,10H2,1-2H3,(H,22,24). The number of nitrogens with one attached hydrogen (secondary N) is 1. The van der Waals surface area contributed by atoms with Crippen molar-refractivity contribution in [3.05, 3.63) is 70.3 Å². The second-order valence-corrected chi connectivity index (χ2v) is 5.72. The molecule has 0 saturated carbocycles. The van der Waals surface area contributed by atoms with E-state index in [0.717, 1.165) is 23.3 Å². The number of hydrogen-bond acceptors (Lipinski definition) is 2. The van der Waals surface area contributed by atoms with Crippen LogP contribution in [0.5, 0.6) is 0 Å². The normalized spacial score (nSPS) is 12.8. The van der Waals surface area contributed by atoms with E-state index < -0.39 is 17.8 Å². The number of aliphatic hydroxyl groups excluding tert-OH is 1. The monoisotopic (exact) mass is 337 g/mol. The Labute approximate surface area is 138 Å². The third-order valence-electron chi connectivity index (χ3n) is 3.56.